The molecule has 0 radical (unpaired) electrons. The SMILES string of the molecule is COc1cc(/C=N/Nc2ccc(S(=O)(=O)N3CCCCC3)cn2)cc(OC)c1O. The van der Waals surface area contributed by atoms with E-state index in [9.17, 15) is 13.5 Å². The van der Waals surface area contributed by atoms with E-state index in [1.54, 1.807) is 18.2 Å². The molecule has 1 aromatic heterocycles. The van der Waals surface area contributed by atoms with Crippen LogP contribution in [0.1, 0.15) is 24.8 Å². The first-order chi connectivity index (χ1) is 14.0. The predicted octanol–water partition coefficient (Wildman–Crippen LogP) is 2.43. The molecule has 0 spiro atoms. The highest BCUT2D eigenvalue weighted by molar-refractivity contribution is 7.89. The van der Waals surface area contributed by atoms with Crippen LogP contribution in [0.4, 0.5) is 5.82 Å². The van der Waals surface area contributed by atoms with Crippen molar-refractivity contribution in [2.75, 3.05) is 32.7 Å². The van der Waals surface area contributed by atoms with Gasteiger partial charge in [0.25, 0.3) is 0 Å². The number of anilines is 1. The minimum atomic E-state index is -3.51. The highest BCUT2D eigenvalue weighted by atomic mass is 32.2. The molecule has 0 amide bonds. The second kappa shape index (κ2) is 9.10. The second-order valence-corrected chi connectivity index (χ2v) is 8.43. The van der Waals surface area contributed by atoms with E-state index in [2.05, 4.69) is 15.5 Å². The first-order valence-electron chi connectivity index (χ1n) is 9.16. The van der Waals surface area contributed by atoms with Crippen molar-refractivity contribution in [1.29, 1.82) is 0 Å². The van der Waals surface area contributed by atoms with Gasteiger partial charge in [0.1, 0.15) is 10.7 Å². The van der Waals surface area contributed by atoms with Gasteiger partial charge in [0.05, 0.1) is 20.4 Å². The number of piperidine rings is 1. The van der Waals surface area contributed by atoms with E-state index < -0.39 is 10.0 Å². The van der Waals surface area contributed by atoms with E-state index in [-0.39, 0.29) is 22.1 Å². The van der Waals surface area contributed by atoms with Crippen molar-refractivity contribution < 1.29 is 23.0 Å². The summed E-state index contributed by atoms with van der Waals surface area (Å²) in [7, 11) is -0.626. The number of phenols is 1. The first-order valence-corrected chi connectivity index (χ1v) is 10.6. The van der Waals surface area contributed by atoms with Gasteiger partial charge in [0.2, 0.25) is 15.8 Å². The summed E-state index contributed by atoms with van der Waals surface area (Å²) < 4.78 is 37.0. The number of hydrogen-bond donors (Lipinski definition) is 2. The van der Waals surface area contributed by atoms with E-state index >= 15 is 0 Å². The molecule has 9 nitrogen and oxygen atoms in total. The Hall–Kier alpha value is -2.85. The maximum absolute atomic E-state index is 12.6. The van der Waals surface area contributed by atoms with Crippen molar-refractivity contribution >= 4 is 22.1 Å². The van der Waals surface area contributed by atoms with Gasteiger partial charge < -0.3 is 14.6 Å². The fourth-order valence-electron chi connectivity index (χ4n) is 3.01. The molecule has 2 heterocycles. The van der Waals surface area contributed by atoms with Crippen LogP contribution < -0.4 is 14.9 Å². The molecule has 1 fully saturated rings. The zero-order chi connectivity index (χ0) is 20.9. The van der Waals surface area contributed by atoms with E-state index in [4.69, 9.17) is 9.47 Å². The molecule has 1 aliphatic rings. The zero-order valence-corrected chi connectivity index (χ0v) is 17.1. The van der Waals surface area contributed by atoms with Crippen molar-refractivity contribution in [2.45, 2.75) is 24.2 Å². The molecule has 1 saturated heterocycles. The molecule has 1 aliphatic heterocycles. The number of rotatable bonds is 7. The van der Waals surface area contributed by atoms with Crippen LogP contribution in [-0.2, 0) is 10.0 Å². The Morgan fingerprint density at radius 1 is 1.14 bits per heavy atom. The number of pyridine rings is 1. The monoisotopic (exact) mass is 420 g/mol. The van der Waals surface area contributed by atoms with Gasteiger partial charge in [-0.15, -0.1) is 0 Å². The highest BCUT2D eigenvalue weighted by Gasteiger charge is 2.26. The van der Waals surface area contributed by atoms with Crippen molar-refractivity contribution in [3.8, 4) is 17.2 Å². The molecular formula is C19H24N4O5S. The molecule has 0 saturated carbocycles. The van der Waals surface area contributed by atoms with E-state index in [0.717, 1.165) is 19.3 Å². The van der Waals surface area contributed by atoms with Gasteiger partial charge in [-0.2, -0.15) is 9.41 Å². The van der Waals surface area contributed by atoms with Crippen LogP contribution in [0.2, 0.25) is 0 Å². The number of phenolic OH excluding ortho intramolecular Hbond substituents is 1. The fraction of sp³-hybridized carbons (Fsp3) is 0.368. The van der Waals surface area contributed by atoms with Crippen LogP contribution in [0.5, 0.6) is 17.2 Å². The summed E-state index contributed by atoms with van der Waals surface area (Å²) in [5.41, 5.74) is 3.38. The van der Waals surface area contributed by atoms with E-state index in [1.165, 1.54) is 37.0 Å². The van der Waals surface area contributed by atoms with Gasteiger partial charge in [-0.1, -0.05) is 6.42 Å². The Morgan fingerprint density at radius 3 is 2.34 bits per heavy atom. The Morgan fingerprint density at radius 2 is 1.79 bits per heavy atom. The Labute approximate surface area is 170 Å². The van der Waals surface area contributed by atoms with Gasteiger partial charge in [-0.3, -0.25) is 5.43 Å². The first kappa shape index (κ1) is 20.9. The standard InChI is InChI=1S/C19H24N4O5S/c1-27-16-10-14(11-17(28-2)19(16)24)12-21-22-18-7-6-15(13-20-18)29(25,26)23-8-4-3-5-9-23/h6-7,10-13,24H,3-5,8-9H2,1-2H3,(H,20,22)/b21-12+. The molecule has 29 heavy (non-hydrogen) atoms. The Bertz CT molecular complexity index is 946. The summed E-state index contributed by atoms with van der Waals surface area (Å²) in [6.07, 6.45) is 5.66. The summed E-state index contributed by atoms with van der Waals surface area (Å²) in [5.74, 6) is 0.830. The van der Waals surface area contributed by atoms with Crippen molar-refractivity contribution in [2.24, 2.45) is 5.10 Å². The third-order valence-corrected chi connectivity index (χ3v) is 6.47. The minimum Gasteiger partial charge on any atom is -0.502 e. The zero-order valence-electron chi connectivity index (χ0n) is 16.3. The molecule has 10 heteroatoms. The number of hydrogen-bond acceptors (Lipinski definition) is 8. The van der Waals surface area contributed by atoms with Crippen molar-refractivity contribution in [1.82, 2.24) is 9.29 Å². The molecular weight excluding hydrogens is 396 g/mol. The molecule has 3 rings (SSSR count). The van der Waals surface area contributed by atoms with E-state index in [1.807, 2.05) is 0 Å². The summed E-state index contributed by atoms with van der Waals surface area (Å²) in [6.45, 7) is 1.10. The number of nitrogens with zero attached hydrogens (tertiary/aromatic N) is 3. The number of ether oxygens (including phenoxy) is 2. The van der Waals surface area contributed by atoms with Crippen molar-refractivity contribution in [3.05, 3.63) is 36.0 Å². The Kier molecular flexibility index (Phi) is 6.55. The summed E-state index contributed by atoms with van der Waals surface area (Å²) in [6, 6.07) is 6.28. The summed E-state index contributed by atoms with van der Waals surface area (Å²) in [5, 5.41) is 14.0. The number of sulfonamides is 1. The van der Waals surface area contributed by atoms with Crippen LogP contribution in [0.3, 0.4) is 0 Å². The molecule has 0 bridgehead atoms. The molecule has 156 valence electrons. The predicted molar refractivity (Wildman–Crippen MR) is 109 cm³/mol. The average Bonchev–Trinajstić information content (AvgIpc) is 2.75. The lowest BCUT2D eigenvalue weighted by Crippen LogP contribution is -2.35. The van der Waals surface area contributed by atoms with Crippen LogP contribution in [0, 0.1) is 0 Å². The molecule has 1 aromatic carbocycles. The number of benzene rings is 1. The van der Waals surface area contributed by atoms with Crippen molar-refractivity contribution in [3.63, 3.8) is 0 Å². The minimum absolute atomic E-state index is 0.0905. The van der Waals surface area contributed by atoms with Gasteiger partial charge in [0, 0.05) is 24.8 Å². The average molecular weight is 420 g/mol. The largest absolute Gasteiger partial charge is 0.502 e. The summed E-state index contributed by atoms with van der Waals surface area (Å²) >= 11 is 0. The smallest absolute Gasteiger partial charge is 0.244 e. The van der Waals surface area contributed by atoms with Crippen LogP contribution in [-0.4, -0.2) is 56.3 Å². The lowest BCUT2D eigenvalue weighted by atomic mass is 10.2. The molecule has 0 atom stereocenters. The topological polar surface area (TPSA) is 113 Å². The third kappa shape index (κ3) is 4.77. The number of hydrazone groups is 1. The molecule has 2 N–H and O–H groups in total. The van der Waals surface area contributed by atoms with Gasteiger partial charge >= 0.3 is 0 Å². The van der Waals surface area contributed by atoms with Gasteiger partial charge in [-0.05, 0) is 37.1 Å². The van der Waals surface area contributed by atoms with Gasteiger partial charge in [-0.25, -0.2) is 13.4 Å². The number of aromatic hydroxyl groups is 1. The molecule has 2 aromatic rings. The fourth-order valence-corrected chi connectivity index (χ4v) is 4.48. The maximum atomic E-state index is 12.6. The lowest BCUT2D eigenvalue weighted by Gasteiger charge is -2.25. The lowest BCUT2D eigenvalue weighted by molar-refractivity contribution is 0.340. The number of nitrogens with one attached hydrogen (secondary N) is 1. The third-order valence-electron chi connectivity index (χ3n) is 4.58. The second-order valence-electron chi connectivity index (χ2n) is 6.49. The number of methoxy groups -OCH3 is 2. The Balaban J connectivity index is 1.69. The normalized spacial score (nSPS) is 15.4. The van der Waals surface area contributed by atoms with Crippen LogP contribution in [0.15, 0.2) is 40.5 Å². The maximum Gasteiger partial charge on any atom is 0.244 e. The highest BCUT2D eigenvalue weighted by Crippen LogP contribution is 2.36. The van der Waals surface area contributed by atoms with Crippen LogP contribution in [0.25, 0.3) is 0 Å². The van der Waals surface area contributed by atoms with E-state index in [0.29, 0.717) is 24.5 Å². The molecule has 0 aliphatic carbocycles. The number of aromatic nitrogens is 1. The van der Waals surface area contributed by atoms with Crippen LogP contribution >= 0.6 is 0 Å². The molecule has 0 unspecified atom stereocenters. The van der Waals surface area contributed by atoms with Gasteiger partial charge in [0.15, 0.2) is 11.5 Å². The summed E-state index contributed by atoms with van der Waals surface area (Å²) in [4.78, 5) is 4.30. The quantitative estimate of drug-likeness (QED) is 0.522.